The number of carbonyl (C=O) groups excluding carboxylic acids is 3. The van der Waals surface area contributed by atoms with E-state index in [9.17, 15) is 14.4 Å². The van der Waals surface area contributed by atoms with E-state index in [-0.39, 0.29) is 47.5 Å². The molecule has 2 fully saturated rings. The number of aromatic amines is 1. The third kappa shape index (κ3) is 10.4. The zero-order chi connectivity index (χ0) is 38.4. The highest BCUT2D eigenvalue weighted by atomic mass is 35.5. The Labute approximate surface area is 330 Å². The number of hydrogen-bond donors (Lipinski definition) is 5. The van der Waals surface area contributed by atoms with Crippen LogP contribution in [-0.4, -0.2) is 82.0 Å². The normalized spacial score (nSPS) is 21.2. The third-order valence-corrected chi connectivity index (χ3v) is 11.7. The molecule has 0 bridgehead atoms. The molecule has 2 aliphatic carbocycles. The van der Waals surface area contributed by atoms with Gasteiger partial charge in [0.05, 0.1) is 0 Å². The van der Waals surface area contributed by atoms with Gasteiger partial charge in [-0.15, -0.1) is 22.6 Å². The van der Waals surface area contributed by atoms with Crippen molar-refractivity contribution in [1.82, 2.24) is 36.2 Å². The summed E-state index contributed by atoms with van der Waals surface area (Å²) in [6.45, 7) is 7.16. The van der Waals surface area contributed by atoms with Crippen LogP contribution >= 0.6 is 12.4 Å². The smallest absolute Gasteiger partial charge is 0.251 e. The van der Waals surface area contributed by atoms with Crippen LogP contribution in [0.1, 0.15) is 80.3 Å². The summed E-state index contributed by atoms with van der Waals surface area (Å²) in [6.07, 6.45) is 6.77. The molecule has 55 heavy (non-hydrogen) atoms. The molecule has 0 saturated heterocycles. The molecule has 294 valence electrons. The van der Waals surface area contributed by atoms with E-state index in [1.807, 2.05) is 61.5 Å². The number of nitrogens with one attached hydrogen (secondary N) is 4. The predicted octanol–water partition coefficient (Wildman–Crippen LogP) is 5.93. The molecule has 12 nitrogen and oxygen atoms in total. The summed E-state index contributed by atoms with van der Waals surface area (Å²) in [5, 5.41) is 23.5. The Kier molecular flexibility index (Phi) is 13.8. The second-order valence-corrected chi connectivity index (χ2v) is 16.2. The minimum Gasteiger partial charge on any atom is -0.349 e. The molecule has 6 rings (SSSR count). The van der Waals surface area contributed by atoms with Crippen LogP contribution < -0.4 is 21.7 Å². The summed E-state index contributed by atoms with van der Waals surface area (Å²) >= 11 is 0. The van der Waals surface area contributed by atoms with Crippen LogP contribution in [0, 0.1) is 24.2 Å². The minimum atomic E-state index is -0.782. The number of benzene rings is 3. The van der Waals surface area contributed by atoms with Crippen LogP contribution in [0.5, 0.6) is 0 Å². The first-order valence-corrected chi connectivity index (χ1v) is 19.2. The molecule has 0 aliphatic heterocycles. The third-order valence-electron chi connectivity index (χ3n) is 11.7. The number of aromatic nitrogens is 4. The van der Waals surface area contributed by atoms with E-state index < -0.39 is 6.04 Å². The van der Waals surface area contributed by atoms with Crippen LogP contribution in [0.4, 0.5) is 5.69 Å². The van der Waals surface area contributed by atoms with Gasteiger partial charge in [0.1, 0.15) is 6.04 Å². The van der Waals surface area contributed by atoms with Crippen LogP contribution in [0.3, 0.4) is 0 Å². The summed E-state index contributed by atoms with van der Waals surface area (Å²) < 4.78 is 0. The average Bonchev–Trinajstić information content (AvgIpc) is 3.71. The molecule has 2 saturated carbocycles. The lowest BCUT2D eigenvalue weighted by Gasteiger charge is -2.44. The van der Waals surface area contributed by atoms with Gasteiger partial charge in [0.2, 0.25) is 17.6 Å². The van der Waals surface area contributed by atoms with Crippen molar-refractivity contribution < 1.29 is 14.4 Å². The van der Waals surface area contributed by atoms with Gasteiger partial charge in [0.25, 0.3) is 5.91 Å². The Morgan fingerprint density at radius 1 is 0.927 bits per heavy atom. The minimum absolute atomic E-state index is 0. The molecule has 3 aromatic carbocycles. The molecule has 1 heterocycles. The fourth-order valence-corrected chi connectivity index (χ4v) is 8.11. The molecule has 13 heteroatoms. The first-order chi connectivity index (χ1) is 25.9. The molecule has 3 amide bonds. The van der Waals surface area contributed by atoms with Gasteiger partial charge in [-0.25, -0.2) is 0 Å². The highest BCUT2D eigenvalue weighted by Crippen LogP contribution is 2.37. The molecule has 2 unspecified atom stereocenters. The largest absolute Gasteiger partial charge is 0.349 e. The van der Waals surface area contributed by atoms with Crippen molar-refractivity contribution in [2.45, 2.75) is 90.3 Å². The van der Waals surface area contributed by atoms with Gasteiger partial charge in [0, 0.05) is 41.2 Å². The first-order valence-electron chi connectivity index (χ1n) is 19.2. The predicted molar refractivity (Wildman–Crippen MR) is 219 cm³/mol. The maximum atomic E-state index is 13.8. The van der Waals surface area contributed by atoms with Gasteiger partial charge in [-0.1, -0.05) is 44.2 Å². The maximum Gasteiger partial charge on any atom is 0.251 e. The van der Waals surface area contributed by atoms with Crippen LogP contribution in [0.2, 0.25) is 0 Å². The molecule has 2 aliphatic rings. The topological polar surface area (TPSA) is 171 Å². The van der Waals surface area contributed by atoms with Gasteiger partial charge < -0.3 is 26.6 Å². The number of carbonyl (C=O) groups is 3. The lowest BCUT2D eigenvalue weighted by atomic mass is 9.71. The van der Waals surface area contributed by atoms with E-state index in [2.05, 4.69) is 69.4 Å². The van der Waals surface area contributed by atoms with Crippen molar-refractivity contribution in [3.05, 3.63) is 83.4 Å². The number of tetrazole rings is 1. The molecular weight excluding hydrogens is 714 g/mol. The molecule has 1 aromatic heterocycles. The van der Waals surface area contributed by atoms with Crippen LogP contribution in [0.15, 0.2) is 66.7 Å². The van der Waals surface area contributed by atoms with E-state index in [4.69, 9.17) is 5.73 Å². The zero-order valence-corrected chi connectivity index (χ0v) is 33.4. The zero-order valence-electron chi connectivity index (χ0n) is 32.6. The standard InChI is InChI=1S/C42H55N9O3.ClH/c1-26-22-32(40(53)46-37-21-19-34(51(4)5)24-42(37,2)3)16-20-35(26)29-10-6-27(7-11-29)23-36(45-39(52)31-12-8-28(25-43)9-13-31)41(54)44-33-17-14-30(15-18-33)38-47-49-50-48-38;/h6-7,10-11,14-18,20,22,28,31,34,36-37H,8-9,12-13,19,21,23-25,43H2,1-5H3,(H,44,54)(H,45,52)(H,46,53)(H,47,48,49,50);1H/t28?,31?,34?,36-,37?;/m0./s1. The van der Waals surface area contributed by atoms with E-state index in [1.165, 1.54) is 0 Å². The van der Waals surface area contributed by atoms with Crippen molar-refractivity contribution in [3.63, 3.8) is 0 Å². The highest BCUT2D eigenvalue weighted by Gasteiger charge is 2.38. The van der Waals surface area contributed by atoms with Crippen LogP contribution in [0.25, 0.3) is 22.5 Å². The van der Waals surface area contributed by atoms with Gasteiger partial charge in [-0.2, -0.15) is 5.21 Å². The Hall–Kier alpha value is -4.65. The van der Waals surface area contributed by atoms with Gasteiger partial charge >= 0.3 is 0 Å². The number of nitrogens with zero attached hydrogens (tertiary/aromatic N) is 4. The van der Waals surface area contributed by atoms with Gasteiger partial charge in [-0.3, -0.25) is 14.4 Å². The molecule has 6 N–H and O–H groups in total. The lowest BCUT2D eigenvalue weighted by Crippen LogP contribution is -2.51. The summed E-state index contributed by atoms with van der Waals surface area (Å²) in [4.78, 5) is 42.9. The van der Waals surface area contributed by atoms with E-state index in [1.54, 1.807) is 12.1 Å². The van der Waals surface area contributed by atoms with Gasteiger partial charge in [-0.05, 0) is 148 Å². The van der Waals surface area contributed by atoms with Crippen molar-refractivity contribution in [1.29, 1.82) is 0 Å². The fraction of sp³-hybridized carbons (Fsp3) is 0.476. The van der Waals surface area contributed by atoms with Crippen LogP contribution in [-0.2, 0) is 16.0 Å². The van der Waals surface area contributed by atoms with Crippen molar-refractivity contribution in [3.8, 4) is 22.5 Å². The monoisotopic (exact) mass is 769 g/mol. The van der Waals surface area contributed by atoms with Crippen molar-refractivity contribution in [2.24, 2.45) is 23.0 Å². The number of hydrogen-bond acceptors (Lipinski definition) is 8. The Bertz CT molecular complexity index is 1890. The van der Waals surface area contributed by atoms with Crippen molar-refractivity contribution in [2.75, 3.05) is 26.0 Å². The Balaban J connectivity index is 0.00000580. The number of anilines is 1. The summed E-state index contributed by atoms with van der Waals surface area (Å²) in [7, 11) is 4.26. The van der Waals surface area contributed by atoms with E-state index >= 15 is 0 Å². The van der Waals surface area contributed by atoms with Crippen molar-refractivity contribution >= 4 is 35.8 Å². The number of halogens is 1. The summed E-state index contributed by atoms with van der Waals surface area (Å²) in [5.74, 6) is 0.332. The fourth-order valence-electron chi connectivity index (χ4n) is 8.11. The molecule has 4 aromatic rings. The Morgan fingerprint density at radius 3 is 2.22 bits per heavy atom. The number of H-pyrrole nitrogens is 1. The number of aryl methyl sites for hydroxylation is 1. The first kappa shape index (κ1) is 41.5. The second kappa shape index (κ2) is 18.3. The number of nitrogens with two attached hydrogens (primary N) is 1. The molecule has 0 radical (unpaired) electrons. The number of rotatable bonds is 12. The average molecular weight is 770 g/mol. The quantitative estimate of drug-likeness (QED) is 0.118. The SMILES string of the molecule is Cc1cc(C(=O)NC2CCC(N(C)C)CC2(C)C)ccc1-c1ccc(C[C@H](NC(=O)C2CCC(CN)CC2)C(=O)Nc2ccc(-c3nn[nH]n3)cc2)cc1.Cl. The number of amides is 3. The maximum absolute atomic E-state index is 13.8. The lowest BCUT2D eigenvalue weighted by molar-refractivity contribution is -0.130. The Morgan fingerprint density at radius 2 is 1.62 bits per heavy atom. The second-order valence-electron chi connectivity index (χ2n) is 16.2. The molecule has 0 spiro atoms. The van der Waals surface area contributed by atoms with Gasteiger partial charge in [0.15, 0.2) is 0 Å². The highest BCUT2D eigenvalue weighted by molar-refractivity contribution is 5.98. The summed E-state index contributed by atoms with van der Waals surface area (Å²) in [5.41, 5.74) is 11.9. The molecular formula is C42H56ClN9O3. The summed E-state index contributed by atoms with van der Waals surface area (Å²) in [6, 6.07) is 21.0. The molecule has 3 atom stereocenters. The van der Waals surface area contributed by atoms with E-state index in [0.717, 1.165) is 72.8 Å². The van der Waals surface area contributed by atoms with E-state index in [0.29, 0.717) is 42.0 Å².